The summed E-state index contributed by atoms with van der Waals surface area (Å²) in [6.07, 6.45) is 0. The van der Waals surface area contributed by atoms with Crippen molar-refractivity contribution in [1.29, 1.82) is 0 Å². The maximum Gasteiger partial charge on any atom is 1.00 e. The number of benzene rings is 6. The smallest absolute Gasteiger partial charge is 0.871 e. The fraction of sp³-hybridized carbons (Fsp3) is 0. The van der Waals surface area contributed by atoms with Crippen molar-refractivity contribution in [2.45, 2.75) is 29.4 Å². The van der Waals surface area contributed by atoms with Gasteiger partial charge in [0.1, 0.15) is 0 Å². The molecule has 78 heavy (non-hydrogen) atoms. The van der Waals surface area contributed by atoms with Crippen molar-refractivity contribution in [1.82, 2.24) is 0 Å². The normalized spacial score (nSPS) is 11.8. The maximum absolute atomic E-state index is 14.1. The fourth-order valence-electron chi connectivity index (χ4n) is 5.83. The van der Waals surface area contributed by atoms with Crippen molar-refractivity contribution in [2.75, 3.05) is 0 Å². The van der Waals surface area contributed by atoms with Gasteiger partial charge >= 0.3 is 177 Å². The zero-order chi connectivity index (χ0) is 53.6. The Labute approximate surface area is 597 Å². The minimum absolute atomic E-state index is 0. The topological polar surface area (TPSA) is 465 Å². The van der Waals surface area contributed by atoms with E-state index >= 15 is 0 Å². The SMILES string of the molecule is O=S(=O)(O)c1cc2sc3cc(S(=O)(=O)O)cc(sc4cc(S(=O)(=O)O)cc(sc5cc(S(=O)(=O)O)cc(sc6cc(S(=O)(=O)O)cc(sc7cc(S(=O)(=O)O)cc(sc(c1)c2[O-])c7[O-])c6[O-])c5[O-])c4[O-])c3[O-].[Na+].[Na+].[Na+].[Na+].[Na+].[Na+]. The van der Waals surface area contributed by atoms with Gasteiger partial charge in [0.25, 0.3) is 60.7 Å². The van der Waals surface area contributed by atoms with Crippen LogP contribution in [0.4, 0.5) is 0 Å². The Morgan fingerprint density at radius 2 is 0.295 bits per heavy atom. The third-order valence-corrected chi connectivity index (χ3v) is 20.3. The minimum Gasteiger partial charge on any atom is -0.871 e. The largest absolute Gasteiger partial charge is 1.00 e. The van der Waals surface area contributed by atoms with Crippen LogP contribution in [0.1, 0.15) is 0 Å². The summed E-state index contributed by atoms with van der Waals surface area (Å²) in [5, 5.41) is 84.6. The second-order valence-electron chi connectivity index (χ2n) is 14.0. The molecule has 0 saturated carbocycles. The standard InChI is InChI=1S/C36H24O24S12.6Na/c37-31-19-1-13(67(43,44)45)2-20(31)62-23-5-15(69(49,50)51)6-24(33(23)39)64-27-9-17(71(55,56)57)10-28(35(27)41)66-30-12-18(72(58,59)60)11-29(36(30)42)65-26-8-16(70(52,53)54)7-25(34(26)40)63-22-4-14(68(46,47)48)3-21(61-19)32(22)38;;;;;;/h1-12,37-42H,(H,43,44,45)(H,46,47,48)(H,49,50,51)(H,52,53,54)(H,55,56,57)(H,58,59,60);;;;;;/q;6*+1/p-6. The Morgan fingerprint density at radius 3 is 0.359 bits per heavy atom. The van der Waals surface area contributed by atoms with Gasteiger partial charge in [-0.25, -0.2) is 0 Å². The van der Waals surface area contributed by atoms with E-state index in [4.69, 9.17) is 0 Å². The van der Waals surface area contributed by atoms with Crippen molar-refractivity contribution in [3.05, 3.63) is 72.8 Å². The van der Waals surface area contributed by atoms with E-state index in [1.54, 1.807) is 0 Å². The van der Waals surface area contributed by atoms with Gasteiger partial charge < -0.3 is 30.6 Å². The first-order valence-corrected chi connectivity index (χ1v) is 31.5. The molecule has 0 amide bonds. The van der Waals surface area contributed by atoms with E-state index in [0.717, 1.165) is 0 Å². The first-order valence-electron chi connectivity index (χ1n) is 17.9. The number of hydrogen-bond donors (Lipinski definition) is 6. The van der Waals surface area contributed by atoms with Crippen molar-refractivity contribution in [3.8, 4) is 34.5 Å². The molecule has 6 N–H and O–H groups in total. The molecule has 0 fully saturated rings. The molecule has 0 atom stereocenters. The van der Waals surface area contributed by atoms with Crippen LogP contribution in [0.25, 0.3) is 56.4 Å². The molecule has 7 aromatic rings. The molecule has 0 spiro atoms. The van der Waals surface area contributed by atoms with Gasteiger partial charge in [0.05, 0.1) is 29.4 Å². The van der Waals surface area contributed by atoms with Crippen LogP contribution in [0.3, 0.4) is 0 Å². The summed E-state index contributed by atoms with van der Waals surface area (Å²) in [6.45, 7) is 0. The van der Waals surface area contributed by atoms with E-state index in [0.29, 0.717) is 72.8 Å². The average molecular weight is 1360 g/mol. The zero-order valence-electron chi connectivity index (χ0n) is 39.9. The van der Waals surface area contributed by atoms with Crippen LogP contribution in [0.15, 0.2) is 102 Å². The van der Waals surface area contributed by atoms with E-state index in [2.05, 4.69) is 0 Å². The predicted octanol–water partition coefficient (Wildman–Crippen LogP) is -14.0. The molecule has 0 aliphatic heterocycles. The fourth-order valence-corrected chi connectivity index (χ4v) is 16.4. The summed E-state index contributed by atoms with van der Waals surface area (Å²) in [7, 11) is -32.3. The molecule has 1 aromatic heterocycles. The Bertz CT molecular complexity index is 3680. The zero-order valence-corrected chi connectivity index (χ0v) is 61.7. The van der Waals surface area contributed by atoms with Gasteiger partial charge in [-0.05, 0) is 72.8 Å². The van der Waals surface area contributed by atoms with E-state index in [9.17, 15) is 108 Å². The summed E-state index contributed by atoms with van der Waals surface area (Å²) >= 11 is -0.295. The Morgan fingerprint density at radius 1 is 0.218 bits per heavy atom. The van der Waals surface area contributed by atoms with Crippen LogP contribution in [0, 0.1) is 0 Å². The second-order valence-corrected chi connectivity index (χ2v) is 29.0. The van der Waals surface area contributed by atoms with E-state index in [1.807, 2.05) is 0 Å². The molecule has 0 aliphatic carbocycles. The van der Waals surface area contributed by atoms with Crippen LogP contribution in [-0.4, -0.2) is 77.8 Å². The monoisotopic (exact) mass is 1360 g/mol. The average Bonchev–Trinajstić information content (AvgIpc) is 3.23. The van der Waals surface area contributed by atoms with Gasteiger partial charge in [-0.1, -0.05) is 34.5 Å². The molecular weight excluding hydrogens is 1340 g/mol. The predicted molar refractivity (Wildman–Crippen MR) is 254 cm³/mol. The summed E-state index contributed by atoms with van der Waals surface area (Å²) < 4.78 is 200. The maximum atomic E-state index is 14.1. The molecule has 6 aromatic carbocycles. The van der Waals surface area contributed by atoms with Gasteiger partial charge in [0, 0.05) is 56.4 Å². The van der Waals surface area contributed by atoms with E-state index in [-0.39, 0.29) is 245 Å². The van der Waals surface area contributed by atoms with Gasteiger partial charge in [-0.3, -0.25) is 27.3 Å². The van der Waals surface area contributed by atoms with Gasteiger partial charge in [0.15, 0.2) is 0 Å². The third-order valence-electron chi connectivity index (χ3n) is 9.07. The third kappa shape index (κ3) is 18.0. The molecule has 24 nitrogen and oxygen atoms in total. The van der Waals surface area contributed by atoms with Gasteiger partial charge in [-0.2, -0.15) is 50.5 Å². The molecule has 7 rings (SSSR count). The van der Waals surface area contributed by atoms with Crippen molar-refractivity contribution in [3.63, 3.8) is 0 Å². The molecule has 0 aliphatic rings. The minimum atomic E-state index is -5.39. The summed E-state index contributed by atoms with van der Waals surface area (Å²) in [5.41, 5.74) is 0. The van der Waals surface area contributed by atoms with Crippen molar-refractivity contribution in [2.24, 2.45) is 0 Å². The second kappa shape index (κ2) is 28.6. The molecule has 12 bridgehead atoms. The molecule has 0 saturated heterocycles. The van der Waals surface area contributed by atoms with Crippen LogP contribution >= 0.6 is 68.0 Å². The first-order chi connectivity index (χ1) is 32.9. The van der Waals surface area contributed by atoms with Crippen molar-refractivity contribution < 1.29 is 286 Å². The summed E-state index contributed by atoms with van der Waals surface area (Å²) in [4.78, 5) is -6.94. The van der Waals surface area contributed by atoms with Crippen LogP contribution in [0.2, 0.25) is 0 Å². The van der Waals surface area contributed by atoms with Crippen molar-refractivity contribution >= 4 is 185 Å². The summed E-state index contributed by atoms with van der Waals surface area (Å²) in [6, 6.07) is 5.40. The molecule has 0 unspecified atom stereocenters. The van der Waals surface area contributed by atoms with Crippen LogP contribution < -0.4 is 208 Å². The van der Waals surface area contributed by atoms with Crippen LogP contribution in [-0.2, 0) is 60.7 Å². The molecule has 0 radical (unpaired) electrons. The molecule has 384 valence electrons. The quantitative estimate of drug-likeness (QED) is 0.0665. The number of fused-ring (bicyclic) bond motifs is 12. The first kappa shape index (κ1) is 76.9. The van der Waals surface area contributed by atoms with E-state index < -0.39 is 181 Å². The number of hydrogen-bond acceptors (Lipinski definition) is 24. The van der Waals surface area contributed by atoms with Crippen LogP contribution in [0.5, 0.6) is 34.5 Å². The van der Waals surface area contributed by atoms with E-state index in [1.165, 1.54) is 0 Å². The Balaban J connectivity index is 0.00000507. The Kier molecular flexibility index (Phi) is 28.2. The number of rotatable bonds is 6. The Hall–Kier alpha value is 0.900. The van der Waals surface area contributed by atoms with Gasteiger partial charge in [0.2, 0.25) is 0 Å². The molecule has 1 heterocycles. The van der Waals surface area contributed by atoms with Gasteiger partial charge in [-0.15, -0.1) is 68.0 Å². The molecular formula is C36H18Na6O24S12. The molecule has 42 heteroatoms. The summed E-state index contributed by atoms with van der Waals surface area (Å²) in [5.74, 6) is -8.11.